The molecule has 1 unspecified atom stereocenters. The van der Waals surface area contributed by atoms with Crippen LogP contribution in [0.3, 0.4) is 0 Å². The van der Waals surface area contributed by atoms with Crippen LogP contribution in [0.5, 0.6) is 0 Å². The Morgan fingerprint density at radius 1 is 1.17 bits per heavy atom. The first-order valence-corrected chi connectivity index (χ1v) is 7.40. The molecule has 0 radical (unpaired) electrons. The van der Waals surface area contributed by atoms with Crippen LogP contribution in [0.15, 0.2) is 0 Å². The third-order valence-electron chi connectivity index (χ3n) is 3.60. The van der Waals surface area contributed by atoms with Crippen LogP contribution < -0.4 is 5.32 Å². The topological polar surface area (TPSA) is 24.5 Å². The van der Waals surface area contributed by atoms with E-state index in [1.807, 2.05) is 0 Å². The number of nitrogens with one attached hydrogen (secondary N) is 1. The molecule has 18 heavy (non-hydrogen) atoms. The second kappa shape index (κ2) is 6.88. The zero-order valence-electron chi connectivity index (χ0n) is 13.1. The van der Waals surface area contributed by atoms with Crippen molar-refractivity contribution >= 4 is 0 Å². The zero-order chi connectivity index (χ0) is 13.8. The Morgan fingerprint density at radius 3 is 2.33 bits per heavy atom. The van der Waals surface area contributed by atoms with Crippen LogP contribution in [-0.2, 0) is 4.74 Å². The Kier molecular flexibility index (Phi) is 6.09. The highest BCUT2D eigenvalue weighted by Gasteiger charge is 2.32. The Hall–Kier alpha value is -0.120. The molecule has 0 spiro atoms. The summed E-state index contributed by atoms with van der Waals surface area (Å²) in [4.78, 5) is 2.60. The van der Waals surface area contributed by atoms with Crippen molar-refractivity contribution in [2.45, 2.75) is 53.2 Å². The van der Waals surface area contributed by atoms with Crippen molar-refractivity contribution in [3.05, 3.63) is 0 Å². The minimum atomic E-state index is 0.00341. The molecule has 0 aromatic heterocycles. The van der Waals surface area contributed by atoms with Crippen molar-refractivity contribution in [1.29, 1.82) is 0 Å². The zero-order valence-corrected chi connectivity index (χ0v) is 13.1. The molecule has 0 saturated carbocycles. The largest absolute Gasteiger partial charge is 0.373 e. The fraction of sp³-hybridized carbons (Fsp3) is 1.00. The van der Waals surface area contributed by atoms with E-state index in [0.717, 1.165) is 38.7 Å². The minimum Gasteiger partial charge on any atom is -0.373 e. The van der Waals surface area contributed by atoms with Gasteiger partial charge in [0.05, 0.1) is 12.2 Å². The van der Waals surface area contributed by atoms with Crippen molar-refractivity contribution in [3.63, 3.8) is 0 Å². The van der Waals surface area contributed by atoms with Crippen LogP contribution in [0, 0.1) is 11.8 Å². The van der Waals surface area contributed by atoms with Crippen LogP contribution in [0.25, 0.3) is 0 Å². The van der Waals surface area contributed by atoms with E-state index in [0.29, 0.717) is 12.0 Å². The summed E-state index contributed by atoms with van der Waals surface area (Å²) in [6.45, 7) is 18.7. The van der Waals surface area contributed by atoms with Gasteiger partial charge in [0.25, 0.3) is 0 Å². The molecule has 3 nitrogen and oxygen atoms in total. The molecular weight excluding hydrogens is 224 g/mol. The van der Waals surface area contributed by atoms with Gasteiger partial charge in [-0.2, -0.15) is 0 Å². The average molecular weight is 256 g/mol. The second-order valence-electron chi connectivity index (χ2n) is 6.94. The molecule has 1 N–H and O–H groups in total. The van der Waals surface area contributed by atoms with Crippen LogP contribution in [0.1, 0.15) is 41.5 Å². The number of hydrogen-bond donors (Lipinski definition) is 1. The van der Waals surface area contributed by atoms with Gasteiger partial charge in [-0.05, 0) is 32.2 Å². The second-order valence-corrected chi connectivity index (χ2v) is 6.94. The molecule has 0 aromatic carbocycles. The van der Waals surface area contributed by atoms with Crippen LogP contribution in [-0.4, -0.2) is 49.3 Å². The van der Waals surface area contributed by atoms with E-state index in [9.17, 15) is 0 Å². The fourth-order valence-electron chi connectivity index (χ4n) is 2.64. The Labute approximate surface area is 113 Å². The summed E-state index contributed by atoms with van der Waals surface area (Å²) in [5.41, 5.74) is 0.00341. The maximum absolute atomic E-state index is 5.81. The van der Waals surface area contributed by atoms with Gasteiger partial charge >= 0.3 is 0 Å². The molecule has 1 saturated heterocycles. The number of hydrogen-bond acceptors (Lipinski definition) is 3. The monoisotopic (exact) mass is 256 g/mol. The normalized spacial score (nSPS) is 22.7. The molecule has 0 amide bonds. The molecule has 1 fully saturated rings. The van der Waals surface area contributed by atoms with Crippen LogP contribution >= 0.6 is 0 Å². The maximum Gasteiger partial charge on any atom is 0.0753 e. The highest BCUT2D eigenvalue weighted by Crippen LogP contribution is 2.21. The average Bonchev–Trinajstić information content (AvgIpc) is 2.21. The van der Waals surface area contributed by atoms with Crippen molar-refractivity contribution < 1.29 is 4.74 Å². The smallest absolute Gasteiger partial charge is 0.0753 e. The molecule has 1 aliphatic heterocycles. The highest BCUT2D eigenvalue weighted by molar-refractivity contribution is 4.86. The van der Waals surface area contributed by atoms with E-state index in [4.69, 9.17) is 4.74 Å². The standard InChI is InChI=1S/C15H32N2O/c1-12(2)9-16-10-14(13(3)4)17-7-8-18-15(5,6)11-17/h12-14,16H,7-11H2,1-6H3. The number of ether oxygens (including phenoxy) is 1. The van der Waals surface area contributed by atoms with Gasteiger partial charge < -0.3 is 10.1 Å². The minimum absolute atomic E-state index is 0.00341. The van der Waals surface area contributed by atoms with Gasteiger partial charge in [0, 0.05) is 25.7 Å². The fourth-order valence-corrected chi connectivity index (χ4v) is 2.64. The summed E-state index contributed by atoms with van der Waals surface area (Å²) in [7, 11) is 0. The van der Waals surface area contributed by atoms with Crippen LogP contribution in [0.2, 0.25) is 0 Å². The lowest BCUT2D eigenvalue weighted by Crippen LogP contribution is -2.56. The molecular formula is C15H32N2O. The van der Waals surface area contributed by atoms with Gasteiger partial charge in [-0.1, -0.05) is 27.7 Å². The molecule has 0 aromatic rings. The summed E-state index contributed by atoms with van der Waals surface area (Å²) in [5, 5.41) is 3.61. The third-order valence-corrected chi connectivity index (χ3v) is 3.60. The Morgan fingerprint density at radius 2 is 1.83 bits per heavy atom. The SMILES string of the molecule is CC(C)CNCC(C(C)C)N1CCOC(C)(C)C1. The summed E-state index contributed by atoms with van der Waals surface area (Å²) >= 11 is 0. The van der Waals surface area contributed by atoms with Gasteiger partial charge in [0.1, 0.15) is 0 Å². The lowest BCUT2D eigenvalue weighted by atomic mass is 9.98. The van der Waals surface area contributed by atoms with E-state index >= 15 is 0 Å². The quantitative estimate of drug-likeness (QED) is 0.789. The molecule has 3 heteroatoms. The van der Waals surface area contributed by atoms with Crippen molar-refractivity contribution in [3.8, 4) is 0 Å². The summed E-state index contributed by atoms with van der Waals surface area (Å²) in [6, 6.07) is 0.618. The number of morpholine rings is 1. The van der Waals surface area contributed by atoms with Crippen LogP contribution in [0.4, 0.5) is 0 Å². The molecule has 1 atom stereocenters. The van der Waals surface area contributed by atoms with E-state index in [-0.39, 0.29) is 5.60 Å². The van der Waals surface area contributed by atoms with Crippen molar-refractivity contribution in [1.82, 2.24) is 10.2 Å². The lowest BCUT2D eigenvalue weighted by molar-refractivity contribution is -0.101. The Balaban J connectivity index is 2.50. The third kappa shape index (κ3) is 5.25. The van der Waals surface area contributed by atoms with Gasteiger partial charge in [0.15, 0.2) is 0 Å². The molecule has 1 heterocycles. The first-order chi connectivity index (χ1) is 8.32. The van der Waals surface area contributed by atoms with Crippen molar-refractivity contribution in [2.75, 3.05) is 32.8 Å². The highest BCUT2D eigenvalue weighted by atomic mass is 16.5. The Bertz CT molecular complexity index is 239. The molecule has 0 aliphatic carbocycles. The summed E-state index contributed by atoms with van der Waals surface area (Å²) < 4.78 is 5.81. The number of nitrogens with zero attached hydrogens (tertiary/aromatic N) is 1. The molecule has 1 aliphatic rings. The van der Waals surface area contributed by atoms with Gasteiger partial charge in [-0.3, -0.25) is 4.90 Å². The first-order valence-electron chi connectivity index (χ1n) is 7.40. The number of rotatable bonds is 6. The van der Waals surface area contributed by atoms with E-state index in [2.05, 4.69) is 51.8 Å². The van der Waals surface area contributed by atoms with Gasteiger partial charge in [-0.15, -0.1) is 0 Å². The van der Waals surface area contributed by atoms with Gasteiger partial charge in [-0.25, -0.2) is 0 Å². The molecule has 0 bridgehead atoms. The summed E-state index contributed by atoms with van der Waals surface area (Å²) in [5.74, 6) is 1.40. The van der Waals surface area contributed by atoms with Gasteiger partial charge in [0.2, 0.25) is 0 Å². The molecule has 108 valence electrons. The van der Waals surface area contributed by atoms with E-state index in [1.54, 1.807) is 0 Å². The lowest BCUT2D eigenvalue weighted by Gasteiger charge is -2.43. The maximum atomic E-state index is 5.81. The summed E-state index contributed by atoms with van der Waals surface area (Å²) in [6.07, 6.45) is 0. The predicted molar refractivity (Wildman–Crippen MR) is 77.9 cm³/mol. The van der Waals surface area contributed by atoms with E-state index < -0.39 is 0 Å². The van der Waals surface area contributed by atoms with Crippen molar-refractivity contribution in [2.24, 2.45) is 11.8 Å². The first kappa shape index (κ1) is 15.9. The molecule has 1 rings (SSSR count). The van der Waals surface area contributed by atoms with E-state index in [1.165, 1.54) is 0 Å². The predicted octanol–water partition coefficient (Wildman–Crippen LogP) is 2.37.